The van der Waals surface area contributed by atoms with E-state index in [4.69, 9.17) is 5.11 Å². The van der Waals surface area contributed by atoms with E-state index in [1.54, 1.807) is 20.0 Å². The van der Waals surface area contributed by atoms with Gasteiger partial charge in [-0.1, -0.05) is 23.5 Å². The predicted octanol–water partition coefficient (Wildman–Crippen LogP) is 1.18. The fourth-order valence-electron chi connectivity index (χ4n) is 1.84. The van der Waals surface area contributed by atoms with Crippen LogP contribution in [0.4, 0.5) is 0 Å². The van der Waals surface area contributed by atoms with Crippen molar-refractivity contribution in [3.63, 3.8) is 0 Å². The molecule has 0 spiro atoms. The molecule has 0 aromatic heterocycles. The maximum atomic E-state index is 12.4. The Hall–Kier alpha value is -1.83. The second kappa shape index (κ2) is 7.68. The first-order valence-corrected chi connectivity index (χ1v) is 6.59. The van der Waals surface area contributed by atoms with Crippen molar-refractivity contribution in [3.8, 4) is 11.8 Å². The van der Waals surface area contributed by atoms with Crippen LogP contribution in [-0.2, 0) is 0 Å². The molecular weight excluding hydrogens is 254 g/mol. The van der Waals surface area contributed by atoms with Crippen LogP contribution in [0.15, 0.2) is 18.2 Å². The maximum Gasteiger partial charge on any atom is 0.254 e. The highest BCUT2D eigenvalue weighted by Gasteiger charge is 2.16. The number of aryl methyl sites for hydroxylation is 1. The van der Waals surface area contributed by atoms with Crippen LogP contribution in [0.25, 0.3) is 0 Å². The van der Waals surface area contributed by atoms with Crippen molar-refractivity contribution in [2.75, 3.05) is 20.2 Å². The van der Waals surface area contributed by atoms with Gasteiger partial charge in [-0.05, 0) is 26.0 Å². The van der Waals surface area contributed by atoms with Crippen molar-refractivity contribution < 1.29 is 15.0 Å². The molecule has 4 heteroatoms. The number of aliphatic hydroxyl groups excluding tert-OH is 2. The molecule has 0 aliphatic carbocycles. The lowest BCUT2D eigenvalue weighted by Crippen LogP contribution is -2.33. The number of amides is 1. The van der Waals surface area contributed by atoms with Gasteiger partial charge in [0.25, 0.3) is 5.91 Å². The minimum Gasteiger partial charge on any atom is -0.395 e. The van der Waals surface area contributed by atoms with Gasteiger partial charge in [-0.15, -0.1) is 0 Å². The number of nitrogens with zero attached hydrogens (tertiary/aromatic N) is 1. The molecule has 1 aromatic carbocycles. The Balaban J connectivity index is 3.06. The van der Waals surface area contributed by atoms with Crippen molar-refractivity contribution >= 4 is 5.91 Å². The van der Waals surface area contributed by atoms with Gasteiger partial charge >= 0.3 is 0 Å². The van der Waals surface area contributed by atoms with Gasteiger partial charge < -0.3 is 15.1 Å². The van der Waals surface area contributed by atoms with Gasteiger partial charge in [0.2, 0.25) is 0 Å². The molecule has 1 rings (SSSR count). The Morgan fingerprint density at radius 2 is 2.15 bits per heavy atom. The number of carbonyl (C=O) groups is 1. The van der Waals surface area contributed by atoms with E-state index in [-0.39, 0.29) is 19.1 Å². The average Bonchev–Trinajstić information content (AvgIpc) is 2.39. The average molecular weight is 275 g/mol. The number of rotatable bonds is 4. The van der Waals surface area contributed by atoms with Crippen LogP contribution >= 0.6 is 0 Å². The summed E-state index contributed by atoms with van der Waals surface area (Å²) < 4.78 is 0. The number of carbonyl (C=O) groups excluding carboxylic acids is 1. The maximum absolute atomic E-state index is 12.4. The number of benzene rings is 1. The fourth-order valence-corrected chi connectivity index (χ4v) is 1.84. The fraction of sp³-hybridized carbons (Fsp3) is 0.438. The zero-order valence-corrected chi connectivity index (χ0v) is 12.2. The molecule has 0 heterocycles. The van der Waals surface area contributed by atoms with E-state index in [9.17, 15) is 9.90 Å². The van der Waals surface area contributed by atoms with Gasteiger partial charge in [0.15, 0.2) is 0 Å². The van der Waals surface area contributed by atoms with Crippen LogP contribution in [0.1, 0.15) is 34.8 Å². The number of likely N-dealkylation sites (N-methyl/N-ethyl adjacent to an activating group) is 1. The second-order valence-electron chi connectivity index (χ2n) is 4.86. The van der Waals surface area contributed by atoms with E-state index in [1.165, 1.54) is 4.90 Å². The molecule has 108 valence electrons. The van der Waals surface area contributed by atoms with Crippen LogP contribution in [0.5, 0.6) is 0 Å². The van der Waals surface area contributed by atoms with Crippen molar-refractivity contribution in [1.82, 2.24) is 4.90 Å². The predicted molar refractivity (Wildman–Crippen MR) is 78.4 cm³/mol. The minimum absolute atomic E-state index is 0.00404. The van der Waals surface area contributed by atoms with Crippen molar-refractivity contribution in [2.45, 2.75) is 26.4 Å². The molecule has 1 atom stereocenters. The topological polar surface area (TPSA) is 60.8 Å². The number of hydrogen-bond donors (Lipinski definition) is 2. The van der Waals surface area contributed by atoms with Crippen LogP contribution < -0.4 is 0 Å². The smallest absolute Gasteiger partial charge is 0.254 e. The molecule has 0 radical (unpaired) electrons. The van der Waals surface area contributed by atoms with Crippen LogP contribution in [0.2, 0.25) is 0 Å². The lowest BCUT2D eigenvalue weighted by molar-refractivity contribution is 0.0703. The van der Waals surface area contributed by atoms with Crippen molar-refractivity contribution in [3.05, 3.63) is 34.9 Å². The molecule has 0 saturated heterocycles. The van der Waals surface area contributed by atoms with E-state index in [0.29, 0.717) is 17.5 Å². The van der Waals surface area contributed by atoms with Crippen LogP contribution in [0, 0.1) is 18.8 Å². The Morgan fingerprint density at radius 3 is 2.75 bits per heavy atom. The summed E-state index contributed by atoms with van der Waals surface area (Å²) in [6.07, 6.45) is -0.192. The lowest BCUT2D eigenvalue weighted by Gasteiger charge is -2.19. The minimum atomic E-state index is -0.572. The van der Waals surface area contributed by atoms with Crippen LogP contribution in [0.3, 0.4) is 0 Å². The largest absolute Gasteiger partial charge is 0.395 e. The summed E-state index contributed by atoms with van der Waals surface area (Å²) in [4.78, 5) is 13.9. The summed E-state index contributed by atoms with van der Waals surface area (Å²) >= 11 is 0. The Kier molecular flexibility index (Phi) is 6.23. The normalized spacial score (nSPS) is 11.4. The molecular formula is C16H21NO3. The number of hydrogen-bond acceptors (Lipinski definition) is 3. The molecule has 1 unspecified atom stereocenters. The zero-order chi connectivity index (χ0) is 15.1. The third-order valence-corrected chi connectivity index (χ3v) is 2.75. The highest BCUT2D eigenvalue weighted by Crippen LogP contribution is 2.13. The molecule has 0 fully saturated rings. The standard InChI is InChI=1S/C16H21NO3/c1-12-7-8-14(6-4-5-9-18)15(10-12)16(20)17(3)11-13(2)19/h7-8,10,13,18-19H,5,9,11H2,1-3H3. The molecule has 0 bridgehead atoms. The first kappa shape index (κ1) is 16.2. The van der Waals surface area contributed by atoms with Gasteiger partial charge in [-0.2, -0.15) is 0 Å². The molecule has 1 amide bonds. The van der Waals surface area contributed by atoms with E-state index in [2.05, 4.69) is 11.8 Å². The lowest BCUT2D eigenvalue weighted by atomic mass is 10.0. The van der Waals surface area contributed by atoms with Crippen molar-refractivity contribution in [1.29, 1.82) is 0 Å². The molecule has 0 aliphatic heterocycles. The van der Waals surface area contributed by atoms with Crippen molar-refractivity contribution in [2.24, 2.45) is 0 Å². The second-order valence-corrected chi connectivity index (χ2v) is 4.86. The SMILES string of the molecule is Cc1ccc(C#CCCO)c(C(=O)N(C)CC(C)O)c1. The number of aliphatic hydroxyl groups is 2. The van der Waals surface area contributed by atoms with Gasteiger partial charge in [0, 0.05) is 25.6 Å². The Bertz CT molecular complexity index is 526. The summed E-state index contributed by atoms with van der Waals surface area (Å²) in [5, 5.41) is 18.1. The molecule has 4 nitrogen and oxygen atoms in total. The quantitative estimate of drug-likeness (QED) is 0.811. The first-order valence-electron chi connectivity index (χ1n) is 6.59. The zero-order valence-electron chi connectivity index (χ0n) is 12.2. The van der Waals surface area contributed by atoms with Crippen LogP contribution in [-0.4, -0.2) is 47.3 Å². The van der Waals surface area contributed by atoms with E-state index in [0.717, 1.165) is 5.56 Å². The molecule has 20 heavy (non-hydrogen) atoms. The monoisotopic (exact) mass is 275 g/mol. The molecule has 0 aliphatic rings. The molecule has 0 saturated carbocycles. The summed E-state index contributed by atoms with van der Waals surface area (Å²) in [5.41, 5.74) is 2.15. The highest BCUT2D eigenvalue weighted by molar-refractivity contribution is 5.96. The summed E-state index contributed by atoms with van der Waals surface area (Å²) in [6, 6.07) is 5.50. The summed E-state index contributed by atoms with van der Waals surface area (Å²) in [5.74, 6) is 5.57. The molecule has 2 N–H and O–H groups in total. The first-order chi connectivity index (χ1) is 9.45. The third-order valence-electron chi connectivity index (χ3n) is 2.75. The van der Waals surface area contributed by atoms with Gasteiger partial charge in [0.1, 0.15) is 0 Å². The van der Waals surface area contributed by atoms with E-state index < -0.39 is 6.10 Å². The summed E-state index contributed by atoms with van der Waals surface area (Å²) in [7, 11) is 1.66. The highest BCUT2D eigenvalue weighted by atomic mass is 16.3. The summed E-state index contributed by atoms with van der Waals surface area (Å²) in [6.45, 7) is 3.83. The van der Waals surface area contributed by atoms with E-state index >= 15 is 0 Å². The Labute approximate surface area is 120 Å². The van der Waals surface area contributed by atoms with Gasteiger partial charge in [0.05, 0.1) is 18.3 Å². The third kappa shape index (κ3) is 4.69. The van der Waals surface area contributed by atoms with E-state index in [1.807, 2.05) is 19.1 Å². The van der Waals surface area contributed by atoms with Gasteiger partial charge in [-0.3, -0.25) is 4.79 Å². The molecule has 1 aromatic rings. The Morgan fingerprint density at radius 1 is 1.45 bits per heavy atom. The van der Waals surface area contributed by atoms with Gasteiger partial charge in [-0.25, -0.2) is 0 Å².